The van der Waals surface area contributed by atoms with Crippen molar-refractivity contribution in [1.82, 2.24) is 10.1 Å². The molecular formula is C27H28FN3O3. The molecular weight excluding hydrogens is 433 g/mol. The van der Waals surface area contributed by atoms with Crippen LogP contribution in [0.3, 0.4) is 0 Å². The van der Waals surface area contributed by atoms with Gasteiger partial charge in [0.15, 0.2) is 5.58 Å². The highest BCUT2D eigenvalue weighted by Crippen LogP contribution is 2.33. The second kappa shape index (κ2) is 10.2. The highest BCUT2D eigenvalue weighted by Gasteiger charge is 2.25. The Morgan fingerprint density at radius 3 is 2.85 bits per heavy atom. The van der Waals surface area contributed by atoms with Gasteiger partial charge in [0.25, 0.3) is 0 Å². The molecule has 176 valence electrons. The molecule has 0 unspecified atom stereocenters. The Morgan fingerprint density at radius 2 is 2.00 bits per heavy atom. The molecule has 3 aromatic carbocycles. The summed E-state index contributed by atoms with van der Waals surface area (Å²) in [4.78, 5) is 2.47. The molecule has 0 radical (unpaired) electrons. The highest BCUT2D eigenvalue weighted by molar-refractivity contribution is 5.88. The monoisotopic (exact) mass is 461 g/mol. The Hall–Kier alpha value is -3.45. The number of hydrogen-bond donors (Lipinski definition) is 1. The summed E-state index contributed by atoms with van der Waals surface area (Å²) in [6.07, 6.45) is 5.06. The minimum absolute atomic E-state index is 0.299. The van der Waals surface area contributed by atoms with Crippen LogP contribution < -0.4 is 4.74 Å². The fourth-order valence-electron chi connectivity index (χ4n) is 4.86. The van der Waals surface area contributed by atoms with Gasteiger partial charge in [0, 0.05) is 36.6 Å². The molecule has 2 heterocycles. The lowest BCUT2D eigenvalue weighted by molar-refractivity contribution is 0.191. The molecule has 0 amide bonds. The van der Waals surface area contributed by atoms with Gasteiger partial charge < -0.3 is 19.4 Å². The summed E-state index contributed by atoms with van der Waals surface area (Å²) >= 11 is 0. The van der Waals surface area contributed by atoms with Crippen LogP contribution in [0.4, 0.5) is 4.39 Å². The van der Waals surface area contributed by atoms with E-state index in [2.05, 4.69) is 33.4 Å². The van der Waals surface area contributed by atoms with Crippen molar-refractivity contribution in [2.24, 2.45) is 5.16 Å². The first-order valence-corrected chi connectivity index (χ1v) is 11.8. The summed E-state index contributed by atoms with van der Waals surface area (Å²) < 4.78 is 24.8. The molecule has 34 heavy (non-hydrogen) atoms. The summed E-state index contributed by atoms with van der Waals surface area (Å²) in [7, 11) is 0. The third-order valence-corrected chi connectivity index (χ3v) is 6.66. The van der Waals surface area contributed by atoms with E-state index < -0.39 is 0 Å². The van der Waals surface area contributed by atoms with Crippen molar-refractivity contribution in [2.45, 2.75) is 31.6 Å². The fourth-order valence-corrected chi connectivity index (χ4v) is 4.86. The van der Waals surface area contributed by atoms with Crippen molar-refractivity contribution in [2.75, 3.05) is 26.2 Å². The number of likely N-dealkylation sites (tertiary alicyclic amines) is 1. The van der Waals surface area contributed by atoms with Gasteiger partial charge in [-0.25, -0.2) is 4.39 Å². The molecule has 1 aromatic heterocycles. The summed E-state index contributed by atoms with van der Waals surface area (Å²) in [6.45, 7) is 3.66. The zero-order chi connectivity index (χ0) is 23.3. The van der Waals surface area contributed by atoms with Crippen LogP contribution in [0, 0.1) is 5.82 Å². The van der Waals surface area contributed by atoms with Crippen LogP contribution in [0.1, 0.15) is 36.4 Å². The molecule has 1 fully saturated rings. The molecule has 7 heteroatoms. The number of rotatable bonds is 8. The Morgan fingerprint density at radius 1 is 1.12 bits per heavy atom. The van der Waals surface area contributed by atoms with Gasteiger partial charge in [0.05, 0.1) is 12.3 Å². The van der Waals surface area contributed by atoms with Crippen molar-refractivity contribution < 1.29 is 18.9 Å². The number of aromatic nitrogens is 1. The average molecular weight is 462 g/mol. The second-order valence-electron chi connectivity index (χ2n) is 8.83. The smallest absolute Gasteiger partial charge is 0.170 e. The molecule has 0 aliphatic carbocycles. The minimum atomic E-state index is -0.299. The molecule has 0 bridgehead atoms. The minimum Gasteiger partial charge on any atom is -0.494 e. The third-order valence-electron chi connectivity index (χ3n) is 6.66. The first-order valence-electron chi connectivity index (χ1n) is 11.8. The number of halogens is 1. The third kappa shape index (κ3) is 4.89. The normalized spacial score (nSPS) is 15.6. The van der Waals surface area contributed by atoms with E-state index in [-0.39, 0.29) is 5.82 Å². The molecule has 0 spiro atoms. The molecule has 6 nitrogen and oxygen atoms in total. The van der Waals surface area contributed by atoms with Crippen molar-refractivity contribution in [1.29, 1.82) is 0 Å². The van der Waals surface area contributed by atoms with E-state index in [1.807, 2.05) is 18.2 Å². The van der Waals surface area contributed by atoms with E-state index >= 15 is 0 Å². The molecule has 4 aromatic rings. The van der Waals surface area contributed by atoms with Gasteiger partial charge in [-0.3, -0.25) is 0 Å². The number of piperidine rings is 1. The van der Waals surface area contributed by atoms with Crippen LogP contribution in [0.5, 0.6) is 5.75 Å². The first kappa shape index (κ1) is 22.3. The highest BCUT2D eigenvalue weighted by atomic mass is 19.1. The van der Waals surface area contributed by atoms with E-state index in [9.17, 15) is 4.39 Å². The van der Waals surface area contributed by atoms with Crippen LogP contribution in [0.15, 0.2) is 64.3 Å². The number of nitrogens with zero attached hydrogens (tertiary/aromatic N) is 3. The van der Waals surface area contributed by atoms with Crippen LogP contribution in [0.2, 0.25) is 0 Å². The van der Waals surface area contributed by atoms with Crippen molar-refractivity contribution in [3.63, 3.8) is 0 Å². The maximum absolute atomic E-state index is 13.4. The summed E-state index contributed by atoms with van der Waals surface area (Å²) in [5.74, 6) is 0.906. The molecule has 0 atom stereocenters. The topological polar surface area (TPSA) is 71.1 Å². The van der Waals surface area contributed by atoms with Gasteiger partial charge in [0.2, 0.25) is 0 Å². The number of oxime groups is 1. The van der Waals surface area contributed by atoms with Gasteiger partial charge in [-0.15, -0.1) is 5.16 Å². The van der Waals surface area contributed by atoms with Crippen molar-refractivity contribution >= 4 is 28.0 Å². The lowest BCUT2D eigenvalue weighted by Gasteiger charge is -2.31. The molecule has 0 saturated carbocycles. The maximum Gasteiger partial charge on any atom is 0.170 e. The van der Waals surface area contributed by atoms with Gasteiger partial charge in [-0.1, -0.05) is 29.4 Å². The standard InChI is InChI=1S/C27H28FN3O3/c28-22-6-8-24-26(17-22)34-30-27(24)21-10-14-31(15-11-21)13-2-16-33-23-7-5-19-3-1-4-20(9-12-29-32)25(19)18-23/h1,3-8,12,17-18,21,32H,2,9-11,13-16H2. The first-order chi connectivity index (χ1) is 16.7. The lowest BCUT2D eigenvalue weighted by atomic mass is 9.91. The average Bonchev–Trinajstić information content (AvgIpc) is 3.28. The summed E-state index contributed by atoms with van der Waals surface area (Å²) in [5, 5.41) is 19.3. The van der Waals surface area contributed by atoms with Crippen molar-refractivity contribution in [3.05, 3.63) is 71.7 Å². The van der Waals surface area contributed by atoms with Crippen LogP contribution >= 0.6 is 0 Å². The quantitative estimate of drug-likeness (QED) is 0.156. The van der Waals surface area contributed by atoms with Crippen LogP contribution in [-0.2, 0) is 6.42 Å². The predicted molar refractivity (Wildman–Crippen MR) is 130 cm³/mol. The molecule has 1 saturated heterocycles. The predicted octanol–water partition coefficient (Wildman–Crippen LogP) is 5.77. The number of hydrogen-bond acceptors (Lipinski definition) is 6. The maximum atomic E-state index is 13.4. The number of ether oxygens (including phenoxy) is 1. The SMILES string of the molecule is ON=CCc1cccc2ccc(OCCCN3CCC(c4noc5cc(F)ccc45)CC3)cc12. The van der Waals surface area contributed by atoms with Gasteiger partial charge in [-0.05, 0) is 73.0 Å². The van der Waals surface area contributed by atoms with E-state index in [0.717, 1.165) is 72.1 Å². The summed E-state index contributed by atoms with van der Waals surface area (Å²) in [6, 6.07) is 16.9. The zero-order valence-corrected chi connectivity index (χ0v) is 19.0. The van der Waals surface area contributed by atoms with Crippen LogP contribution in [0.25, 0.3) is 21.7 Å². The Balaban J connectivity index is 1.11. The van der Waals surface area contributed by atoms with Gasteiger partial charge in [0.1, 0.15) is 11.6 Å². The molecule has 1 aliphatic rings. The second-order valence-corrected chi connectivity index (χ2v) is 8.83. The Bertz CT molecular complexity index is 1300. The lowest BCUT2D eigenvalue weighted by Crippen LogP contribution is -2.34. The fraction of sp³-hybridized carbons (Fsp3) is 0.333. The molecule has 1 aliphatic heterocycles. The van der Waals surface area contributed by atoms with E-state index in [4.69, 9.17) is 14.5 Å². The van der Waals surface area contributed by atoms with E-state index in [1.165, 1.54) is 18.3 Å². The largest absolute Gasteiger partial charge is 0.494 e. The zero-order valence-electron chi connectivity index (χ0n) is 19.0. The van der Waals surface area contributed by atoms with Crippen molar-refractivity contribution in [3.8, 4) is 5.75 Å². The van der Waals surface area contributed by atoms with Gasteiger partial charge in [-0.2, -0.15) is 0 Å². The Kier molecular flexibility index (Phi) is 6.72. The van der Waals surface area contributed by atoms with Crippen LogP contribution in [-0.4, -0.2) is 47.7 Å². The molecule has 1 N–H and O–H groups in total. The Labute approximate surface area is 197 Å². The van der Waals surface area contributed by atoms with E-state index in [0.29, 0.717) is 24.5 Å². The molecule has 5 rings (SSSR count). The van der Waals surface area contributed by atoms with Gasteiger partial charge >= 0.3 is 0 Å². The van der Waals surface area contributed by atoms with E-state index in [1.54, 1.807) is 6.07 Å². The number of benzene rings is 3. The summed E-state index contributed by atoms with van der Waals surface area (Å²) in [5.41, 5.74) is 2.59. The number of fused-ring (bicyclic) bond motifs is 2.